The monoisotopic (exact) mass is 728 g/mol. The number of halogens is 1. The molecule has 4 aromatic rings. The van der Waals surface area contributed by atoms with E-state index in [9.17, 15) is 20.6 Å². The molecule has 0 saturated carbocycles. The van der Waals surface area contributed by atoms with Crippen molar-refractivity contribution < 1.29 is 29.5 Å². The van der Waals surface area contributed by atoms with Gasteiger partial charge in [0, 0.05) is 55.8 Å². The highest BCUT2D eigenvalue weighted by Gasteiger charge is 2.26. The molecule has 0 radical (unpaired) electrons. The average molecular weight is 729 g/mol. The van der Waals surface area contributed by atoms with Crippen molar-refractivity contribution in [1.29, 1.82) is 5.26 Å². The number of aromatic nitrogens is 1. The zero-order chi connectivity index (χ0) is 37.1. The van der Waals surface area contributed by atoms with Crippen LogP contribution >= 0.6 is 11.6 Å². The molecule has 10 nitrogen and oxygen atoms in total. The second kappa shape index (κ2) is 18.5. The van der Waals surface area contributed by atoms with Crippen LogP contribution in [-0.4, -0.2) is 76.3 Å². The summed E-state index contributed by atoms with van der Waals surface area (Å²) in [6, 6.07) is 19.6. The third kappa shape index (κ3) is 9.81. The van der Waals surface area contributed by atoms with Crippen molar-refractivity contribution in [3.05, 3.63) is 105 Å². The van der Waals surface area contributed by atoms with Gasteiger partial charge in [-0.3, -0.25) is 4.98 Å². The molecule has 0 bridgehead atoms. The molecule has 1 aromatic heterocycles. The first kappa shape index (κ1) is 39.0. The van der Waals surface area contributed by atoms with Crippen LogP contribution in [0.3, 0.4) is 0 Å². The summed E-state index contributed by atoms with van der Waals surface area (Å²) in [5.74, 6) is 1.81. The lowest BCUT2D eigenvalue weighted by atomic mass is 9.93. The van der Waals surface area contributed by atoms with Crippen molar-refractivity contribution in [2.75, 3.05) is 39.5 Å². The number of nitriles is 1. The maximum atomic E-state index is 9.98. The van der Waals surface area contributed by atoms with Crippen LogP contribution < -0.4 is 19.5 Å². The van der Waals surface area contributed by atoms with Gasteiger partial charge in [-0.15, -0.1) is 0 Å². The van der Waals surface area contributed by atoms with Gasteiger partial charge < -0.3 is 39.7 Å². The molecule has 0 aliphatic carbocycles. The Labute approximate surface area is 311 Å². The number of nitrogens with zero attached hydrogens (tertiary/aromatic N) is 3. The lowest BCUT2D eigenvalue weighted by Crippen LogP contribution is -2.50. The fourth-order valence-corrected chi connectivity index (χ4v) is 6.62. The van der Waals surface area contributed by atoms with Crippen LogP contribution in [0.1, 0.15) is 59.6 Å². The Bertz CT molecular complexity index is 1830. The number of nitrogens with one attached hydrogen (secondary N) is 1. The number of likely N-dealkylation sites (tertiary alicyclic amines) is 1. The zero-order valence-electron chi connectivity index (χ0n) is 30.2. The molecule has 1 aliphatic rings. The molecule has 1 aliphatic heterocycles. The van der Waals surface area contributed by atoms with E-state index in [4.69, 9.17) is 25.8 Å². The van der Waals surface area contributed by atoms with E-state index < -0.39 is 5.54 Å². The van der Waals surface area contributed by atoms with E-state index in [1.54, 1.807) is 24.4 Å². The minimum atomic E-state index is -0.866. The van der Waals surface area contributed by atoms with E-state index in [1.165, 1.54) is 6.20 Å². The van der Waals surface area contributed by atoms with Gasteiger partial charge in [0.05, 0.1) is 42.0 Å². The van der Waals surface area contributed by atoms with Crippen molar-refractivity contribution in [1.82, 2.24) is 15.2 Å². The van der Waals surface area contributed by atoms with Gasteiger partial charge in [0.2, 0.25) is 0 Å². The van der Waals surface area contributed by atoms with E-state index in [0.29, 0.717) is 40.7 Å². The van der Waals surface area contributed by atoms with Gasteiger partial charge in [0.25, 0.3) is 0 Å². The third-order valence-electron chi connectivity index (χ3n) is 9.90. The molecule has 3 aromatic carbocycles. The van der Waals surface area contributed by atoms with Gasteiger partial charge in [-0.25, -0.2) is 0 Å². The molecule has 11 heteroatoms. The molecule has 2 heterocycles. The van der Waals surface area contributed by atoms with E-state index in [-0.39, 0.29) is 39.1 Å². The van der Waals surface area contributed by atoms with Gasteiger partial charge >= 0.3 is 0 Å². The number of aliphatic hydroxyl groups excluding tert-OH is 3. The summed E-state index contributed by atoms with van der Waals surface area (Å²) in [4.78, 5) is 6.42. The van der Waals surface area contributed by atoms with Crippen molar-refractivity contribution >= 4 is 11.6 Å². The summed E-state index contributed by atoms with van der Waals surface area (Å²) in [7, 11) is 0. The van der Waals surface area contributed by atoms with Crippen molar-refractivity contribution in [2.24, 2.45) is 0 Å². The quantitative estimate of drug-likeness (QED) is 0.0888. The first-order valence-corrected chi connectivity index (χ1v) is 18.2. The highest BCUT2D eigenvalue weighted by molar-refractivity contribution is 6.32. The smallest absolute Gasteiger partial charge is 0.142 e. The van der Waals surface area contributed by atoms with Crippen LogP contribution in [0.4, 0.5) is 0 Å². The van der Waals surface area contributed by atoms with Crippen LogP contribution in [0, 0.1) is 25.2 Å². The number of benzene rings is 3. The average Bonchev–Trinajstić information content (AvgIpc) is 3.59. The Hall–Kier alpha value is -4.21. The Morgan fingerprint density at radius 3 is 2.40 bits per heavy atom. The van der Waals surface area contributed by atoms with Crippen LogP contribution in [0.25, 0.3) is 11.1 Å². The molecule has 1 unspecified atom stereocenters. The second-order valence-corrected chi connectivity index (χ2v) is 13.8. The molecule has 1 saturated heterocycles. The van der Waals surface area contributed by atoms with E-state index in [2.05, 4.69) is 47.3 Å². The summed E-state index contributed by atoms with van der Waals surface area (Å²) >= 11 is 6.80. The zero-order valence-corrected chi connectivity index (χ0v) is 31.0. The number of hydrogen-bond donors (Lipinski definition) is 4. The van der Waals surface area contributed by atoms with Gasteiger partial charge in [0.15, 0.2) is 0 Å². The summed E-state index contributed by atoms with van der Waals surface area (Å²) in [5, 5.41) is 42.7. The molecule has 5 rings (SSSR count). The fourth-order valence-electron chi connectivity index (χ4n) is 6.38. The van der Waals surface area contributed by atoms with E-state index in [0.717, 1.165) is 71.6 Å². The predicted octanol–water partition coefficient (Wildman–Crippen LogP) is 6.11. The highest BCUT2D eigenvalue weighted by Crippen LogP contribution is 2.36. The molecule has 4 N–H and O–H groups in total. The largest absolute Gasteiger partial charge is 0.493 e. The number of hydrogen-bond acceptors (Lipinski definition) is 10. The number of β-amino-alcohol motifs (C(OH)–C–C–N with tert-alkyl or cyclic N) is 1. The first-order chi connectivity index (χ1) is 25.2. The minimum Gasteiger partial charge on any atom is -0.493 e. The van der Waals surface area contributed by atoms with Gasteiger partial charge in [-0.05, 0) is 79.1 Å². The molecule has 0 spiro atoms. The summed E-state index contributed by atoms with van der Waals surface area (Å²) in [5.41, 5.74) is 6.34. The molecule has 276 valence electrons. The predicted molar refractivity (Wildman–Crippen MR) is 202 cm³/mol. The summed E-state index contributed by atoms with van der Waals surface area (Å²) in [6.45, 7) is 9.47. The Morgan fingerprint density at radius 1 is 0.942 bits per heavy atom. The number of pyridine rings is 1. The number of rotatable bonds is 18. The van der Waals surface area contributed by atoms with Gasteiger partial charge in [0.1, 0.15) is 36.5 Å². The second-order valence-electron chi connectivity index (χ2n) is 13.4. The highest BCUT2D eigenvalue weighted by atomic mass is 35.5. The van der Waals surface area contributed by atoms with Crippen LogP contribution in [0.15, 0.2) is 67.0 Å². The number of aliphatic hydroxyl groups is 3. The summed E-state index contributed by atoms with van der Waals surface area (Å²) in [6.07, 6.45) is 5.18. The SMILES string of the molecule is CCC(CO)(CO)NCc1cc(Cl)c(OCc2cccc(-c3cccc(OCCCN4CCC(O)C4)c3C)c2C)cc1OCc1cncc(C#N)c1. The summed E-state index contributed by atoms with van der Waals surface area (Å²) < 4.78 is 18.8. The molecule has 1 atom stereocenters. The van der Waals surface area contributed by atoms with E-state index >= 15 is 0 Å². The number of ether oxygens (including phenoxy) is 3. The Kier molecular flexibility index (Phi) is 13.9. The van der Waals surface area contributed by atoms with Gasteiger partial charge in [-0.1, -0.05) is 48.9 Å². The molecular formula is C41H49ClN4O6. The maximum Gasteiger partial charge on any atom is 0.142 e. The lowest BCUT2D eigenvalue weighted by Gasteiger charge is -2.30. The standard InChI is InChI=1S/C41H49ClN4O6/c1-4-41(26-47,27-48)45-22-33-17-37(42)40(18-39(33)51-24-31-16-30(19-43)20-44-21-31)52-25-32-8-5-9-35(28(32)2)36-10-6-11-38(29(36)3)50-15-7-13-46-14-12-34(49)23-46/h5-6,8-11,16-18,20-21,34,45,47-49H,4,7,12-15,22-27H2,1-3H3. The normalized spacial score (nSPS) is 14.7. The molecule has 52 heavy (non-hydrogen) atoms. The molecule has 0 amide bonds. The minimum absolute atomic E-state index is 0.154. The van der Waals surface area contributed by atoms with Crippen molar-refractivity contribution in [2.45, 2.75) is 71.4 Å². The lowest BCUT2D eigenvalue weighted by molar-refractivity contribution is 0.0861. The Balaban J connectivity index is 1.32. The first-order valence-electron chi connectivity index (χ1n) is 17.8. The topological polar surface area (TPSA) is 140 Å². The van der Waals surface area contributed by atoms with Crippen LogP contribution in [-0.2, 0) is 19.8 Å². The molecular weight excluding hydrogens is 680 g/mol. The van der Waals surface area contributed by atoms with Gasteiger partial charge in [-0.2, -0.15) is 5.26 Å². The van der Waals surface area contributed by atoms with Crippen LogP contribution in [0.5, 0.6) is 17.2 Å². The van der Waals surface area contributed by atoms with Crippen molar-refractivity contribution in [3.63, 3.8) is 0 Å². The van der Waals surface area contributed by atoms with Crippen LogP contribution in [0.2, 0.25) is 5.02 Å². The Morgan fingerprint density at radius 2 is 1.69 bits per heavy atom. The molecule has 1 fully saturated rings. The third-order valence-corrected chi connectivity index (χ3v) is 10.2. The maximum absolute atomic E-state index is 9.98. The fraction of sp³-hybridized carbons (Fsp3) is 0.415. The van der Waals surface area contributed by atoms with Crippen molar-refractivity contribution in [3.8, 4) is 34.4 Å². The van der Waals surface area contributed by atoms with E-state index in [1.807, 2.05) is 31.2 Å².